The average molecular weight is 227 g/mol. The lowest BCUT2D eigenvalue weighted by atomic mass is 9.83. The first-order valence-corrected chi connectivity index (χ1v) is 5.71. The Morgan fingerprint density at radius 2 is 1.86 bits per heavy atom. The Labute approximate surface area is 83.5 Å². The minimum absolute atomic E-state index is 0.281. The summed E-state index contributed by atoms with van der Waals surface area (Å²) in [5, 5.41) is 18.3. The third-order valence-electron chi connectivity index (χ3n) is 2.11. The summed E-state index contributed by atoms with van der Waals surface area (Å²) in [6.45, 7) is 2.90. The van der Waals surface area contributed by atoms with E-state index in [2.05, 4.69) is 0 Å². The molecule has 2 atom stereocenters. The first-order chi connectivity index (χ1) is 6.10. The van der Waals surface area contributed by atoms with Crippen LogP contribution in [0.15, 0.2) is 0 Å². The fourth-order valence-electron chi connectivity index (χ4n) is 0.946. The largest absolute Gasteiger partial charge is 0.396 e. The van der Waals surface area contributed by atoms with Gasteiger partial charge in [0.05, 0.1) is 6.10 Å². The molecule has 0 fully saturated rings. The lowest BCUT2D eigenvalue weighted by Crippen LogP contribution is -2.50. The van der Waals surface area contributed by atoms with Gasteiger partial charge in [-0.05, 0) is 0 Å². The highest BCUT2D eigenvalue weighted by atomic mass is 32.2. The van der Waals surface area contributed by atoms with Crippen LogP contribution in [0.4, 0.5) is 0 Å². The molecule has 0 bridgehead atoms. The van der Waals surface area contributed by atoms with Crippen molar-refractivity contribution in [3.63, 3.8) is 0 Å². The van der Waals surface area contributed by atoms with Crippen LogP contribution in [-0.4, -0.2) is 47.7 Å². The standard InChI is InChI=1S/C7H17NO5S/c1-7(2,4-9)6(8)5(10)3-14(11,12)13/h5-6,9-10H,3-4,8H2,1-2H3,(H,11,12,13). The van der Waals surface area contributed by atoms with Gasteiger partial charge in [-0.1, -0.05) is 13.8 Å². The average Bonchev–Trinajstić information content (AvgIpc) is 2.00. The van der Waals surface area contributed by atoms with Crippen LogP contribution in [0.25, 0.3) is 0 Å². The first kappa shape index (κ1) is 13.8. The van der Waals surface area contributed by atoms with Crippen molar-refractivity contribution in [3.8, 4) is 0 Å². The Morgan fingerprint density at radius 3 is 2.14 bits per heavy atom. The van der Waals surface area contributed by atoms with Crippen molar-refractivity contribution in [1.82, 2.24) is 0 Å². The zero-order valence-corrected chi connectivity index (χ0v) is 9.03. The van der Waals surface area contributed by atoms with E-state index in [9.17, 15) is 13.5 Å². The normalized spacial score (nSPS) is 17.9. The van der Waals surface area contributed by atoms with Crippen molar-refractivity contribution < 1.29 is 23.2 Å². The molecule has 5 N–H and O–H groups in total. The Balaban J connectivity index is 4.48. The van der Waals surface area contributed by atoms with E-state index < -0.39 is 33.4 Å². The maximum absolute atomic E-state index is 10.4. The molecule has 0 radical (unpaired) electrons. The van der Waals surface area contributed by atoms with E-state index in [0.717, 1.165) is 0 Å². The molecule has 0 aromatic heterocycles. The molecular weight excluding hydrogens is 210 g/mol. The van der Waals surface area contributed by atoms with Crippen LogP contribution in [0.2, 0.25) is 0 Å². The SMILES string of the molecule is CC(C)(CO)C(N)C(O)CS(=O)(=O)O. The molecule has 0 saturated carbocycles. The van der Waals surface area contributed by atoms with Crippen molar-refractivity contribution in [2.24, 2.45) is 11.1 Å². The van der Waals surface area contributed by atoms with Crippen LogP contribution in [0, 0.1) is 5.41 Å². The molecule has 14 heavy (non-hydrogen) atoms. The van der Waals surface area contributed by atoms with Crippen molar-refractivity contribution in [3.05, 3.63) is 0 Å². The van der Waals surface area contributed by atoms with Crippen LogP contribution in [0.1, 0.15) is 13.8 Å². The van der Waals surface area contributed by atoms with E-state index in [-0.39, 0.29) is 6.61 Å². The Hall–Kier alpha value is -0.210. The summed E-state index contributed by atoms with van der Waals surface area (Å²) < 4.78 is 29.3. The van der Waals surface area contributed by atoms with Gasteiger partial charge in [-0.25, -0.2) is 0 Å². The Kier molecular flexibility index (Phi) is 4.47. The molecule has 6 nitrogen and oxygen atoms in total. The van der Waals surface area contributed by atoms with Gasteiger partial charge in [0.1, 0.15) is 5.75 Å². The minimum Gasteiger partial charge on any atom is -0.396 e. The van der Waals surface area contributed by atoms with Gasteiger partial charge in [0.15, 0.2) is 0 Å². The first-order valence-electron chi connectivity index (χ1n) is 4.10. The van der Waals surface area contributed by atoms with E-state index in [1.807, 2.05) is 0 Å². The van der Waals surface area contributed by atoms with E-state index in [1.165, 1.54) is 0 Å². The number of nitrogens with two attached hydrogens (primary N) is 1. The molecule has 7 heteroatoms. The number of hydrogen-bond acceptors (Lipinski definition) is 5. The topological polar surface area (TPSA) is 121 Å². The number of hydrogen-bond donors (Lipinski definition) is 4. The predicted molar refractivity (Wildman–Crippen MR) is 51.3 cm³/mol. The molecule has 0 aliphatic heterocycles. The fourth-order valence-corrected chi connectivity index (χ4v) is 1.58. The van der Waals surface area contributed by atoms with Crippen LogP contribution in [-0.2, 0) is 10.1 Å². The van der Waals surface area contributed by atoms with Gasteiger partial charge >= 0.3 is 0 Å². The predicted octanol–water partition coefficient (Wildman–Crippen LogP) is -1.42. The van der Waals surface area contributed by atoms with Crippen LogP contribution in [0.5, 0.6) is 0 Å². The van der Waals surface area contributed by atoms with Gasteiger partial charge in [-0.15, -0.1) is 0 Å². The van der Waals surface area contributed by atoms with Crippen LogP contribution in [0.3, 0.4) is 0 Å². The van der Waals surface area contributed by atoms with Crippen molar-refractivity contribution >= 4 is 10.1 Å². The summed E-state index contributed by atoms with van der Waals surface area (Å²) in [4.78, 5) is 0. The maximum Gasteiger partial charge on any atom is 0.267 e. The fraction of sp³-hybridized carbons (Fsp3) is 1.00. The third kappa shape index (κ3) is 4.34. The second-order valence-electron chi connectivity index (χ2n) is 3.99. The number of aliphatic hydroxyl groups is 2. The molecule has 0 saturated heterocycles. The van der Waals surface area contributed by atoms with Gasteiger partial charge in [0, 0.05) is 18.1 Å². The lowest BCUT2D eigenvalue weighted by Gasteiger charge is -2.32. The van der Waals surface area contributed by atoms with Crippen LogP contribution >= 0.6 is 0 Å². The molecule has 0 aromatic carbocycles. The number of aliphatic hydroxyl groups excluding tert-OH is 2. The molecule has 0 heterocycles. The molecule has 0 spiro atoms. The second-order valence-corrected chi connectivity index (χ2v) is 5.49. The minimum atomic E-state index is -4.25. The van der Waals surface area contributed by atoms with E-state index in [4.69, 9.17) is 15.4 Å². The zero-order chi connectivity index (χ0) is 11.6. The van der Waals surface area contributed by atoms with E-state index in [1.54, 1.807) is 13.8 Å². The van der Waals surface area contributed by atoms with Crippen molar-refractivity contribution in [1.29, 1.82) is 0 Å². The summed E-state index contributed by atoms with van der Waals surface area (Å²) in [7, 11) is -4.25. The van der Waals surface area contributed by atoms with E-state index >= 15 is 0 Å². The van der Waals surface area contributed by atoms with Crippen molar-refractivity contribution in [2.75, 3.05) is 12.4 Å². The Morgan fingerprint density at radius 1 is 1.43 bits per heavy atom. The summed E-state index contributed by atoms with van der Waals surface area (Å²) >= 11 is 0. The summed E-state index contributed by atoms with van der Waals surface area (Å²) in [6, 6.07) is -0.922. The molecular formula is C7H17NO5S. The molecule has 86 valence electrons. The molecule has 0 aromatic rings. The summed E-state index contributed by atoms with van der Waals surface area (Å²) in [5.41, 5.74) is 4.73. The summed E-state index contributed by atoms with van der Waals surface area (Å²) in [6.07, 6.45) is -1.40. The number of rotatable bonds is 5. The van der Waals surface area contributed by atoms with Gasteiger partial charge in [0.25, 0.3) is 10.1 Å². The third-order valence-corrected chi connectivity index (χ3v) is 2.87. The Bertz CT molecular complexity index is 274. The zero-order valence-electron chi connectivity index (χ0n) is 8.21. The molecule has 0 amide bonds. The van der Waals surface area contributed by atoms with Gasteiger partial charge in [-0.3, -0.25) is 4.55 Å². The quantitative estimate of drug-likeness (QED) is 0.428. The van der Waals surface area contributed by atoms with Crippen molar-refractivity contribution in [2.45, 2.75) is 26.0 Å². The second kappa shape index (κ2) is 4.54. The summed E-state index contributed by atoms with van der Waals surface area (Å²) in [5.74, 6) is -0.822. The molecule has 0 aliphatic carbocycles. The molecule has 0 aliphatic rings. The van der Waals surface area contributed by atoms with Gasteiger partial charge in [-0.2, -0.15) is 8.42 Å². The highest BCUT2D eigenvalue weighted by Crippen LogP contribution is 2.20. The lowest BCUT2D eigenvalue weighted by molar-refractivity contribution is 0.0574. The monoisotopic (exact) mass is 227 g/mol. The highest BCUT2D eigenvalue weighted by Gasteiger charge is 2.33. The van der Waals surface area contributed by atoms with Gasteiger partial charge < -0.3 is 15.9 Å². The van der Waals surface area contributed by atoms with E-state index in [0.29, 0.717) is 0 Å². The smallest absolute Gasteiger partial charge is 0.267 e. The molecule has 2 unspecified atom stereocenters. The van der Waals surface area contributed by atoms with Gasteiger partial charge in [0.2, 0.25) is 0 Å². The molecule has 0 rings (SSSR count). The highest BCUT2D eigenvalue weighted by molar-refractivity contribution is 7.85. The van der Waals surface area contributed by atoms with Crippen LogP contribution < -0.4 is 5.73 Å². The maximum atomic E-state index is 10.4.